The van der Waals surface area contributed by atoms with Crippen molar-refractivity contribution in [3.05, 3.63) is 65.2 Å². The van der Waals surface area contributed by atoms with Gasteiger partial charge in [0.25, 0.3) is 5.91 Å². The molecule has 1 fully saturated rings. The fourth-order valence-corrected chi connectivity index (χ4v) is 4.42. The van der Waals surface area contributed by atoms with E-state index in [4.69, 9.17) is 4.74 Å². The Morgan fingerprint density at radius 2 is 1.92 bits per heavy atom. The van der Waals surface area contributed by atoms with Gasteiger partial charge in [-0.1, -0.05) is 44.2 Å². The van der Waals surface area contributed by atoms with Crippen molar-refractivity contribution in [3.8, 4) is 5.75 Å². The zero-order chi connectivity index (χ0) is 18.3. The maximum absolute atomic E-state index is 13.0. The molecule has 2 aromatic rings. The Hall–Kier alpha value is -2.33. The third-order valence-electron chi connectivity index (χ3n) is 5.74. The first-order chi connectivity index (χ1) is 12.5. The van der Waals surface area contributed by atoms with Crippen LogP contribution in [0.15, 0.2) is 48.5 Å². The van der Waals surface area contributed by atoms with Crippen LogP contribution in [0.2, 0.25) is 0 Å². The first kappa shape index (κ1) is 17.1. The third-order valence-corrected chi connectivity index (χ3v) is 5.74. The molecule has 0 bridgehead atoms. The molecule has 4 nitrogen and oxygen atoms in total. The summed E-state index contributed by atoms with van der Waals surface area (Å²) in [5.41, 5.74) is 3.62. The van der Waals surface area contributed by atoms with E-state index in [9.17, 15) is 4.79 Å². The lowest BCUT2D eigenvalue weighted by Gasteiger charge is -2.50. The molecule has 0 aliphatic carbocycles. The number of carbonyl (C=O) groups is 1. The standard InChI is InChI=1S/C22H26N2O2/c1-22(2)15-24-12-11-23(14-20(24)18-9-4-5-10-19(18)22)21(25)16-7-6-8-17(13-16)26-3/h4-10,13,20H,11-12,14-15H2,1-3H3. The van der Waals surface area contributed by atoms with E-state index in [-0.39, 0.29) is 17.4 Å². The van der Waals surface area contributed by atoms with Gasteiger partial charge in [-0.05, 0) is 29.3 Å². The Morgan fingerprint density at radius 3 is 2.73 bits per heavy atom. The lowest BCUT2D eigenvalue weighted by Crippen LogP contribution is -2.55. The zero-order valence-electron chi connectivity index (χ0n) is 15.7. The van der Waals surface area contributed by atoms with Gasteiger partial charge in [0.15, 0.2) is 0 Å². The summed E-state index contributed by atoms with van der Waals surface area (Å²) in [6.45, 7) is 8.09. The molecule has 136 valence electrons. The predicted octanol–water partition coefficient (Wildman–Crippen LogP) is 3.49. The summed E-state index contributed by atoms with van der Waals surface area (Å²) in [5.74, 6) is 0.810. The second-order valence-corrected chi connectivity index (χ2v) is 7.94. The molecular formula is C22H26N2O2. The quantitative estimate of drug-likeness (QED) is 0.831. The summed E-state index contributed by atoms with van der Waals surface area (Å²) >= 11 is 0. The number of nitrogens with zero attached hydrogens (tertiary/aromatic N) is 2. The van der Waals surface area contributed by atoms with Crippen LogP contribution in [0.4, 0.5) is 0 Å². The number of hydrogen-bond acceptors (Lipinski definition) is 3. The van der Waals surface area contributed by atoms with E-state index in [1.807, 2.05) is 29.2 Å². The summed E-state index contributed by atoms with van der Waals surface area (Å²) in [6.07, 6.45) is 0. The molecule has 2 heterocycles. The van der Waals surface area contributed by atoms with Gasteiger partial charge in [-0.3, -0.25) is 9.69 Å². The molecule has 0 saturated carbocycles. The van der Waals surface area contributed by atoms with E-state index >= 15 is 0 Å². The summed E-state index contributed by atoms with van der Waals surface area (Å²) in [7, 11) is 1.63. The summed E-state index contributed by atoms with van der Waals surface area (Å²) < 4.78 is 5.27. The van der Waals surface area contributed by atoms with Gasteiger partial charge < -0.3 is 9.64 Å². The molecule has 2 aromatic carbocycles. The van der Waals surface area contributed by atoms with Crippen LogP contribution in [-0.2, 0) is 5.41 Å². The Labute approximate surface area is 155 Å². The number of benzene rings is 2. The average Bonchev–Trinajstić information content (AvgIpc) is 2.67. The van der Waals surface area contributed by atoms with Gasteiger partial charge in [0.05, 0.1) is 13.2 Å². The maximum atomic E-state index is 13.0. The molecule has 1 amide bonds. The van der Waals surface area contributed by atoms with Crippen LogP contribution < -0.4 is 4.74 Å². The maximum Gasteiger partial charge on any atom is 0.254 e. The Bertz CT molecular complexity index is 830. The number of carbonyl (C=O) groups excluding carboxylic acids is 1. The van der Waals surface area contributed by atoms with E-state index in [2.05, 4.69) is 43.0 Å². The van der Waals surface area contributed by atoms with Crippen molar-refractivity contribution in [2.45, 2.75) is 25.3 Å². The molecule has 0 N–H and O–H groups in total. The van der Waals surface area contributed by atoms with Gasteiger partial charge >= 0.3 is 0 Å². The number of ether oxygens (including phenoxy) is 1. The van der Waals surface area contributed by atoms with E-state index in [0.29, 0.717) is 5.56 Å². The third kappa shape index (κ3) is 2.88. The number of piperazine rings is 1. The van der Waals surface area contributed by atoms with Crippen LogP contribution in [0.3, 0.4) is 0 Å². The van der Waals surface area contributed by atoms with E-state index in [0.717, 1.165) is 31.9 Å². The van der Waals surface area contributed by atoms with Crippen molar-refractivity contribution in [1.29, 1.82) is 0 Å². The number of methoxy groups -OCH3 is 1. The molecule has 1 atom stereocenters. The summed E-state index contributed by atoms with van der Waals surface area (Å²) in [5, 5.41) is 0. The van der Waals surface area contributed by atoms with Gasteiger partial charge in [0, 0.05) is 37.2 Å². The SMILES string of the molecule is COc1cccc(C(=O)N2CCN3CC(C)(C)c4ccccc4C3C2)c1. The van der Waals surface area contributed by atoms with Gasteiger partial charge in [-0.15, -0.1) is 0 Å². The minimum Gasteiger partial charge on any atom is -0.497 e. The van der Waals surface area contributed by atoms with Crippen molar-refractivity contribution in [2.75, 3.05) is 33.3 Å². The number of fused-ring (bicyclic) bond motifs is 3. The highest BCUT2D eigenvalue weighted by Crippen LogP contribution is 2.41. The second kappa shape index (κ2) is 6.44. The van der Waals surface area contributed by atoms with E-state index in [1.54, 1.807) is 7.11 Å². The number of amides is 1. The number of hydrogen-bond donors (Lipinski definition) is 0. The molecule has 0 radical (unpaired) electrons. The normalized spacial score (nSPS) is 21.7. The zero-order valence-corrected chi connectivity index (χ0v) is 15.7. The van der Waals surface area contributed by atoms with E-state index < -0.39 is 0 Å². The highest BCUT2D eigenvalue weighted by molar-refractivity contribution is 5.94. The summed E-state index contributed by atoms with van der Waals surface area (Å²) in [4.78, 5) is 17.6. The van der Waals surface area contributed by atoms with Crippen LogP contribution in [0.5, 0.6) is 5.75 Å². The van der Waals surface area contributed by atoms with Crippen LogP contribution in [0.1, 0.15) is 41.4 Å². The molecule has 4 heteroatoms. The fourth-order valence-electron chi connectivity index (χ4n) is 4.42. The monoisotopic (exact) mass is 350 g/mol. The summed E-state index contributed by atoms with van der Waals surface area (Å²) in [6, 6.07) is 16.4. The van der Waals surface area contributed by atoms with Crippen molar-refractivity contribution < 1.29 is 9.53 Å². The van der Waals surface area contributed by atoms with Crippen molar-refractivity contribution in [1.82, 2.24) is 9.80 Å². The lowest BCUT2D eigenvalue weighted by atomic mass is 9.75. The van der Waals surface area contributed by atoms with Crippen LogP contribution in [-0.4, -0.2) is 49.0 Å². The van der Waals surface area contributed by atoms with Crippen LogP contribution in [0, 0.1) is 0 Å². The highest BCUT2D eigenvalue weighted by Gasteiger charge is 2.40. The van der Waals surface area contributed by atoms with Gasteiger partial charge in [0.2, 0.25) is 0 Å². The Morgan fingerprint density at radius 1 is 1.12 bits per heavy atom. The van der Waals surface area contributed by atoms with Crippen molar-refractivity contribution in [3.63, 3.8) is 0 Å². The molecule has 0 spiro atoms. The van der Waals surface area contributed by atoms with Gasteiger partial charge in [-0.25, -0.2) is 0 Å². The molecule has 4 rings (SSSR count). The predicted molar refractivity (Wildman–Crippen MR) is 103 cm³/mol. The molecular weight excluding hydrogens is 324 g/mol. The largest absolute Gasteiger partial charge is 0.497 e. The van der Waals surface area contributed by atoms with Crippen LogP contribution in [0.25, 0.3) is 0 Å². The molecule has 1 unspecified atom stereocenters. The molecule has 1 saturated heterocycles. The minimum absolute atomic E-state index is 0.0888. The van der Waals surface area contributed by atoms with Gasteiger partial charge in [0.1, 0.15) is 5.75 Å². The first-order valence-corrected chi connectivity index (χ1v) is 9.26. The molecule has 0 aromatic heterocycles. The smallest absolute Gasteiger partial charge is 0.254 e. The van der Waals surface area contributed by atoms with Crippen molar-refractivity contribution >= 4 is 5.91 Å². The highest BCUT2D eigenvalue weighted by atomic mass is 16.5. The number of rotatable bonds is 2. The molecule has 2 aliphatic rings. The molecule has 26 heavy (non-hydrogen) atoms. The topological polar surface area (TPSA) is 32.8 Å². The second-order valence-electron chi connectivity index (χ2n) is 7.94. The Balaban J connectivity index is 1.61. The average molecular weight is 350 g/mol. The van der Waals surface area contributed by atoms with Crippen LogP contribution >= 0.6 is 0 Å². The van der Waals surface area contributed by atoms with Gasteiger partial charge in [-0.2, -0.15) is 0 Å². The fraction of sp³-hybridized carbons (Fsp3) is 0.409. The van der Waals surface area contributed by atoms with E-state index in [1.165, 1.54) is 11.1 Å². The van der Waals surface area contributed by atoms with Crippen molar-refractivity contribution in [2.24, 2.45) is 0 Å². The lowest BCUT2D eigenvalue weighted by molar-refractivity contribution is 0.0359. The minimum atomic E-state index is 0.0888. The Kier molecular flexibility index (Phi) is 4.23. The first-order valence-electron chi connectivity index (χ1n) is 9.26. The molecule has 2 aliphatic heterocycles.